The van der Waals surface area contributed by atoms with Gasteiger partial charge in [-0.2, -0.15) is 0 Å². The highest BCUT2D eigenvalue weighted by Gasteiger charge is 2.18. The van der Waals surface area contributed by atoms with Crippen LogP contribution in [0.25, 0.3) is 0 Å². The molecule has 0 bridgehead atoms. The molecule has 2 aromatic rings. The third kappa shape index (κ3) is 4.18. The van der Waals surface area contributed by atoms with Crippen molar-refractivity contribution >= 4 is 27.1 Å². The third-order valence-electron chi connectivity index (χ3n) is 3.01. The van der Waals surface area contributed by atoms with Gasteiger partial charge in [0.25, 0.3) is 15.7 Å². The van der Waals surface area contributed by atoms with Gasteiger partial charge in [-0.15, -0.1) is 0 Å². The summed E-state index contributed by atoms with van der Waals surface area (Å²) in [5.41, 5.74) is -0.0938. The number of nitro groups is 1. The largest absolute Gasteiger partial charge is 0.395 e. The van der Waals surface area contributed by atoms with Gasteiger partial charge in [0.2, 0.25) is 0 Å². The summed E-state index contributed by atoms with van der Waals surface area (Å²) in [5.74, 6) is -0.588. The van der Waals surface area contributed by atoms with Crippen molar-refractivity contribution in [2.45, 2.75) is 4.90 Å². The highest BCUT2D eigenvalue weighted by atomic mass is 32.2. The average Bonchev–Trinajstić information content (AvgIpc) is 2.53. The number of aliphatic hydroxyl groups is 1. The van der Waals surface area contributed by atoms with Gasteiger partial charge in [0.15, 0.2) is 0 Å². The van der Waals surface area contributed by atoms with Crippen LogP contribution in [0.15, 0.2) is 47.4 Å². The second kappa shape index (κ2) is 7.23. The molecule has 0 saturated carbocycles. The van der Waals surface area contributed by atoms with Crippen LogP contribution in [0.4, 0.5) is 21.5 Å². The Kier molecular flexibility index (Phi) is 5.31. The number of sulfonamides is 1. The minimum Gasteiger partial charge on any atom is -0.395 e. The van der Waals surface area contributed by atoms with Crippen molar-refractivity contribution < 1.29 is 22.8 Å². The third-order valence-corrected chi connectivity index (χ3v) is 4.39. The number of hydrogen-bond donors (Lipinski definition) is 3. The van der Waals surface area contributed by atoms with E-state index in [0.29, 0.717) is 0 Å². The number of nitrogens with one attached hydrogen (secondary N) is 2. The maximum absolute atomic E-state index is 12.9. The predicted molar refractivity (Wildman–Crippen MR) is 85.9 cm³/mol. The summed E-state index contributed by atoms with van der Waals surface area (Å²) in [4.78, 5) is 10.0. The summed E-state index contributed by atoms with van der Waals surface area (Å²) in [7, 11) is -4.06. The normalized spacial score (nSPS) is 11.1. The Morgan fingerprint density at radius 2 is 1.79 bits per heavy atom. The number of rotatable bonds is 7. The van der Waals surface area contributed by atoms with Crippen molar-refractivity contribution in [3.05, 3.63) is 58.4 Å². The molecule has 10 heteroatoms. The topological polar surface area (TPSA) is 122 Å². The molecule has 0 unspecified atom stereocenters. The monoisotopic (exact) mass is 355 g/mol. The predicted octanol–water partition coefficient (Wildman–Crippen LogP) is 1.94. The fourth-order valence-corrected chi connectivity index (χ4v) is 2.96. The van der Waals surface area contributed by atoms with Crippen molar-refractivity contribution in [3.63, 3.8) is 0 Å². The SMILES string of the molecule is O=[N+]([O-])c1ccc(NCCO)c(NS(=O)(=O)c2ccc(F)cc2)c1. The Hall–Kier alpha value is -2.72. The fourth-order valence-electron chi connectivity index (χ4n) is 1.89. The van der Waals surface area contributed by atoms with Gasteiger partial charge in [0.05, 0.1) is 27.8 Å². The smallest absolute Gasteiger partial charge is 0.271 e. The first-order valence-corrected chi connectivity index (χ1v) is 8.23. The van der Waals surface area contributed by atoms with E-state index in [2.05, 4.69) is 10.0 Å². The molecule has 0 aromatic heterocycles. The first kappa shape index (κ1) is 17.6. The Labute approximate surface area is 137 Å². The van der Waals surface area contributed by atoms with E-state index in [-0.39, 0.29) is 35.1 Å². The molecule has 8 nitrogen and oxygen atoms in total. The number of benzene rings is 2. The number of nitrogens with zero attached hydrogens (tertiary/aromatic N) is 1. The van der Waals surface area contributed by atoms with Crippen molar-refractivity contribution in [2.24, 2.45) is 0 Å². The molecular weight excluding hydrogens is 341 g/mol. The lowest BCUT2D eigenvalue weighted by Gasteiger charge is -2.13. The maximum atomic E-state index is 12.9. The number of aliphatic hydroxyl groups excluding tert-OH is 1. The van der Waals surface area contributed by atoms with Crippen LogP contribution in [0.1, 0.15) is 0 Å². The van der Waals surface area contributed by atoms with Crippen LogP contribution in [0.5, 0.6) is 0 Å². The molecule has 0 radical (unpaired) electrons. The first-order chi connectivity index (χ1) is 11.3. The number of halogens is 1. The van der Waals surface area contributed by atoms with Gasteiger partial charge in [-0.05, 0) is 30.3 Å². The Morgan fingerprint density at radius 3 is 2.38 bits per heavy atom. The summed E-state index contributed by atoms with van der Waals surface area (Å²) in [6, 6.07) is 7.73. The molecule has 3 N–H and O–H groups in total. The molecular formula is C14H14FN3O5S. The minimum atomic E-state index is -4.06. The van der Waals surface area contributed by atoms with Gasteiger partial charge in [-0.25, -0.2) is 12.8 Å². The summed E-state index contributed by atoms with van der Waals surface area (Å²) in [6.07, 6.45) is 0. The molecule has 0 aliphatic rings. The Bertz CT molecular complexity index is 840. The Morgan fingerprint density at radius 1 is 1.12 bits per heavy atom. The van der Waals surface area contributed by atoms with Crippen molar-refractivity contribution in [3.8, 4) is 0 Å². The summed E-state index contributed by atoms with van der Waals surface area (Å²) >= 11 is 0. The molecule has 2 rings (SSSR count). The van der Waals surface area contributed by atoms with Crippen LogP contribution in [0, 0.1) is 15.9 Å². The Balaban J connectivity index is 2.39. The lowest BCUT2D eigenvalue weighted by molar-refractivity contribution is -0.384. The minimum absolute atomic E-state index is 0.0537. The molecule has 2 aromatic carbocycles. The van der Waals surface area contributed by atoms with E-state index < -0.39 is 20.8 Å². The number of anilines is 2. The molecule has 0 atom stereocenters. The highest BCUT2D eigenvalue weighted by molar-refractivity contribution is 7.92. The molecule has 0 fully saturated rings. The molecule has 0 saturated heterocycles. The second-order valence-corrected chi connectivity index (χ2v) is 6.38. The van der Waals surface area contributed by atoms with Gasteiger partial charge in [-0.1, -0.05) is 0 Å². The van der Waals surface area contributed by atoms with Gasteiger partial charge in [-0.3, -0.25) is 14.8 Å². The van der Waals surface area contributed by atoms with E-state index in [1.54, 1.807) is 0 Å². The number of non-ortho nitro benzene ring substituents is 1. The van der Waals surface area contributed by atoms with Gasteiger partial charge >= 0.3 is 0 Å². The van der Waals surface area contributed by atoms with E-state index in [9.17, 15) is 22.9 Å². The van der Waals surface area contributed by atoms with E-state index >= 15 is 0 Å². The molecule has 0 spiro atoms. The van der Waals surface area contributed by atoms with Gasteiger partial charge < -0.3 is 10.4 Å². The number of nitro benzene ring substituents is 1. The van der Waals surface area contributed by atoms with E-state index in [4.69, 9.17) is 5.11 Å². The van der Waals surface area contributed by atoms with Crippen LogP contribution in [-0.4, -0.2) is 31.6 Å². The first-order valence-electron chi connectivity index (χ1n) is 6.75. The lowest BCUT2D eigenvalue weighted by Crippen LogP contribution is -2.15. The van der Waals surface area contributed by atoms with Crippen molar-refractivity contribution in [2.75, 3.05) is 23.2 Å². The van der Waals surface area contributed by atoms with Gasteiger partial charge in [0.1, 0.15) is 5.82 Å². The van der Waals surface area contributed by atoms with Crippen LogP contribution in [0.3, 0.4) is 0 Å². The fraction of sp³-hybridized carbons (Fsp3) is 0.143. The highest BCUT2D eigenvalue weighted by Crippen LogP contribution is 2.29. The van der Waals surface area contributed by atoms with Crippen LogP contribution in [0.2, 0.25) is 0 Å². The maximum Gasteiger partial charge on any atom is 0.271 e. The lowest BCUT2D eigenvalue weighted by atomic mass is 10.2. The second-order valence-electron chi connectivity index (χ2n) is 4.70. The summed E-state index contributed by atoms with van der Waals surface area (Å²) in [5, 5.41) is 22.5. The molecule has 0 aliphatic carbocycles. The van der Waals surface area contributed by atoms with E-state index in [1.165, 1.54) is 12.1 Å². The zero-order valence-corrected chi connectivity index (χ0v) is 13.1. The molecule has 24 heavy (non-hydrogen) atoms. The molecule has 0 amide bonds. The number of hydrogen-bond acceptors (Lipinski definition) is 6. The average molecular weight is 355 g/mol. The molecule has 0 heterocycles. The zero-order valence-electron chi connectivity index (χ0n) is 12.3. The molecule has 0 aliphatic heterocycles. The van der Waals surface area contributed by atoms with Crippen LogP contribution < -0.4 is 10.0 Å². The van der Waals surface area contributed by atoms with Crippen LogP contribution >= 0.6 is 0 Å². The quantitative estimate of drug-likeness (QED) is 0.515. The standard InChI is InChI=1S/C14H14FN3O5S/c15-10-1-4-12(5-2-10)24(22,23)17-14-9-11(18(20)21)3-6-13(14)16-7-8-19/h1-6,9,16-17,19H,7-8H2. The van der Waals surface area contributed by atoms with Crippen molar-refractivity contribution in [1.29, 1.82) is 0 Å². The van der Waals surface area contributed by atoms with Crippen molar-refractivity contribution in [1.82, 2.24) is 0 Å². The van der Waals surface area contributed by atoms with E-state index in [1.807, 2.05) is 0 Å². The molecule has 128 valence electrons. The van der Waals surface area contributed by atoms with Crippen LogP contribution in [-0.2, 0) is 10.0 Å². The zero-order chi connectivity index (χ0) is 17.7. The summed E-state index contributed by atoms with van der Waals surface area (Å²) in [6.45, 7) is -0.0791. The van der Waals surface area contributed by atoms with Gasteiger partial charge in [0, 0.05) is 18.7 Å². The van der Waals surface area contributed by atoms with E-state index in [0.717, 1.165) is 30.3 Å². The summed E-state index contributed by atoms with van der Waals surface area (Å²) < 4.78 is 39.8.